The summed E-state index contributed by atoms with van der Waals surface area (Å²) in [5, 5.41) is 3.08. The molecule has 2 atom stereocenters. The van der Waals surface area contributed by atoms with Crippen molar-refractivity contribution in [3.05, 3.63) is 29.3 Å². The maximum atomic E-state index is 12.7. The first kappa shape index (κ1) is 21.7. The topological polar surface area (TPSA) is 67.5 Å². The lowest BCUT2D eigenvalue weighted by molar-refractivity contribution is -1.00. The van der Waals surface area contributed by atoms with Crippen LogP contribution in [0.3, 0.4) is 0 Å². The fourth-order valence-electron chi connectivity index (χ4n) is 4.44. The third-order valence-electron chi connectivity index (χ3n) is 5.99. The number of rotatable bonds is 5. The van der Waals surface area contributed by atoms with Gasteiger partial charge in [-0.05, 0) is 38.8 Å². The number of piperazine rings is 1. The largest absolute Gasteiger partial charge is 0.372 e. The van der Waals surface area contributed by atoms with Gasteiger partial charge in [0, 0.05) is 18.8 Å². The number of ether oxygens (including phenoxy) is 1. The van der Waals surface area contributed by atoms with E-state index in [-0.39, 0.29) is 24.0 Å². The Morgan fingerprint density at radius 2 is 1.52 bits per heavy atom. The molecule has 2 heterocycles. The molecule has 0 spiro atoms. The highest BCUT2D eigenvalue weighted by Gasteiger charge is 2.31. The molecule has 7 heteroatoms. The molecule has 1 aromatic carbocycles. The number of carbonyl (C=O) groups is 2. The molecule has 0 aliphatic carbocycles. The number of quaternary nitrogens is 2. The first-order chi connectivity index (χ1) is 13.8. The zero-order valence-electron chi connectivity index (χ0n) is 18.2. The van der Waals surface area contributed by atoms with E-state index >= 15 is 0 Å². The van der Waals surface area contributed by atoms with E-state index in [0.717, 1.165) is 43.0 Å². The van der Waals surface area contributed by atoms with Gasteiger partial charge in [0.25, 0.3) is 11.8 Å². The third-order valence-corrected chi connectivity index (χ3v) is 5.99. The van der Waals surface area contributed by atoms with Gasteiger partial charge in [0.1, 0.15) is 26.2 Å². The molecule has 29 heavy (non-hydrogen) atoms. The second-order valence-corrected chi connectivity index (χ2v) is 8.72. The first-order valence-electron chi connectivity index (χ1n) is 10.8. The molecule has 7 nitrogen and oxygen atoms in total. The molecule has 2 fully saturated rings. The predicted molar refractivity (Wildman–Crippen MR) is 112 cm³/mol. The van der Waals surface area contributed by atoms with Crippen molar-refractivity contribution in [3.8, 4) is 0 Å². The molecule has 0 saturated carbocycles. The van der Waals surface area contributed by atoms with E-state index < -0.39 is 0 Å². The molecule has 0 bridgehead atoms. The van der Waals surface area contributed by atoms with Crippen LogP contribution in [0.15, 0.2) is 18.2 Å². The summed E-state index contributed by atoms with van der Waals surface area (Å²) in [4.78, 5) is 29.7. The van der Waals surface area contributed by atoms with Crippen molar-refractivity contribution < 1.29 is 24.1 Å². The number of para-hydroxylation sites is 1. The smallest absolute Gasteiger partial charge is 0.279 e. The highest BCUT2D eigenvalue weighted by Crippen LogP contribution is 2.18. The van der Waals surface area contributed by atoms with Crippen molar-refractivity contribution >= 4 is 17.5 Å². The molecule has 160 valence electrons. The molecule has 1 aromatic rings. The molecule has 3 N–H and O–H groups in total. The van der Waals surface area contributed by atoms with Crippen LogP contribution in [0, 0.1) is 13.8 Å². The van der Waals surface area contributed by atoms with Gasteiger partial charge in [-0.1, -0.05) is 18.2 Å². The Kier molecular flexibility index (Phi) is 7.27. The van der Waals surface area contributed by atoms with Gasteiger partial charge >= 0.3 is 0 Å². The molecule has 2 aliphatic heterocycles. The molecule has 0 aromatic heterocycles. The van der Waals surface area contributed by atoms with Crippen LogP contribution in [0.4, 0.5) is 5.69 Å². The summed E-state index contributed by atoms with van der Waals surface area (Å²) >= 11 is 0. The maximum Gasteiger partial charge on any atom is 0.279 e. The van der Waals surface area contributed by atoms with Crippen molar-refractivity contribution in [2.24, 2.45) is 0 Å². The number of amides is 2. The Hall–Kier alpha value is -1.96. The quantitative estimate of drug-likeness (QED) is 0.569. The molecule has 2 aliphatic rings. The summed E-state index contributed by atoms with van der Waals surface area (Å²) < 4.78 is 5.72. The normalized spacial score (nSPS) is 27.5. The van der Waals surface area contributed by atoms with Crippen LogP contribution in [0.2, 0.25) is 0 Å². The van der Waals surface area contributed by atoms with E-state index in [2.05, 4.69) is 5.32 Å². The van der Waals surface area contributed by atoms with E-state index in [1.807, 2.05) is 50.8 Å². The average molecular weight is 405 g/mol. The Morgan fingerprint density at radius 3 is 2.07 bits per heavy atom. The third kappa shape index (κ3) is 6.01. The van der Waals surface area contributed by atoms with Gasteiger partial charge in [-0.15, -0.1) is 0 Å². The van der Waals surface area contributed by atoms with E-state index in [9.17, 15) is 9.59 Å². The minimum absolute atomic E-state index is 0.0632. The molecular weight excluding hydrogens is 368 g/mol. The highest BCUT2D eigenvalue weighted by atomic mass is 16.5. The van der Waals surface area contributed by atoms with Crippen LogP contribution in [-0.4, -0.2) is 81.3 Å². The second-order valence-electron chi connectivity index (χ2n) is 8.72. The number of aryl methyl sites for hydroxylation is 2. The zero-order chi connectivity index (χ0) is 21.0. The van der Waals surface area contributed by atoms with Gasteiger partial charge in [0.15, 0.2) is 13.1 Å². The van der Waals surface area contributed by atoms with Crippen molar-refractivity contribution in [3.63, 3.8) is 0 Å². The van der Waals surface area contributed by atoms with Crippen LogP contribution in [0.25, 0.3) is 0 Å². The minimum atomic E-state index is 0.0632. The van der Waals surface area contributed by atoms with Crippen molar-refractivity contribution in [2.75, 3.05) is 57.7 Å². The number of hydrogen-bond acceptors (Lipinski definition) is 3. The standard InChI is InChI=1S/C22H34N4O3/c1-16-6-5-7-17(2)22(16)23-20(27)14-24-8-10-25(11-9-24)15-21(28)26-12-18(3)29-19(4)13-26/h5-7,18-19H,8-15H2,1-4H3,(H,23,27)/p+2/t18-,19-/m0/s1. The number of nitrogens with zero attached hydrogens (tertiary/aromatic N) is 1. The van der Waals surface area contributed by atoms with Crippen LogP contribution in [-0.2, 0) is 14.3 Å². The summed E-state index contributed by atoms with van der Waals surface area (Å²) in [5.41, 5.74) is 3.11. The van der Waals surface area contributed by atoms with Crippen molar-refractivity contribution in [1.29, 1.82) is 0 Å². The van der Waals surface area contributed by atoms with Crippen molar-refractivity contribution in [1.82, 2.24) is 4.90 Å². The summed E-state index contributed by atoms with van der Waals surface area (Å²) in [7, 11) is 0. The molecule has 0 unspecified atom stereocenters. The average Bonchev–Trinajstić information content (AvgIpc) is 2.65. The number of carbonyl (C=O) groups excluding carboxylic acids is 2. The molecular formula is C22H36N4O3+2. The monoisotopic (exact) mass is 404 g/mol. The molecule has 3 rings (SSSR count). The van der Waals surface area contributed by atoms with Gasteiger partial charge in [-0.3, -0.25) is 9.59 Å². The van der Waals surface area contributed by atoms with Gasteiger partial charge in [-0.2, -0.15) is 0 Å². The van der Waals surface area contributed by atoms with Crippen LogP contribution < -0.4 is 15.1 Å². The number of nitrogens with one attached hydrogen (secondary N) is 3. The molecule has 2 saturated heterocycles. The van der Waals surface area contributed by atoms with Gasteiger partial charge < -0.3 is 24.8 Å². The zero-order valence-corrected chi connectivity index (χ0v) is 18.2. The summed E-state index contributed by atoms with van der Waals surface area (Å²) in [6, 6.07) is 6.04. The van der Waals surface area contributed by atoms with Crippen LogP contribution >= 0.6 is 0 Å². The lowest BCUT2D eigenvalue weighted by Crippen LogP contribution is -3.28. The summed E-state index contributed by atoms with van der Waals surface area (Å²) in [6.45, 7) is 14.2. The predicted octanol–water partition coefficient (Wildman–Crippen LogP) is -1.34. The lowest BCUT2D eigenvalue weighted by Gasteiger charge is -2.36. The number of anilines is 1. The fourth-order valence-corrected chi connectivity index (χ4v) is 4.44. The minimum Gasteiger partial charge on any atom is -0.372 e. The number of benzene rings is 1. The van der Waals surface area contributed by atoms with Crippen LogP contribution in [0.1, 0.15) is 25.0 Å². The van der Waals surface area contributed by atoms with Gasteiger partial charge in [0.05, 0.1) is 12.2 Å². The maximum absolute atomic E-state index is 12.7. The van der Waals surface area contributed by atoms with Gasteiger partial charge in [0.2, 0.25) is 0 Å². The molecule has 2 amide bonds. The Bertz CT molecular complexity index is 701. The van der Waals surface area contributed by atoms with E-state index in [1.54, 1.807) is 0 Å². The van der Waals surface area contributed by atoms with E-state index in [0.29, 0.717) is 26.2 Å². The van der Waals surface area contributed by atoms with Gasteiger partial charge in [-0.25, -0.2) is 0 Å². The Morgan fingerprint density at radius 1 is 1.00 bits per heavy atom. The second kappa shape index (κ2) is 9.69. The van der Waals surface area contributed by atoms with E-state index in [4.69, 9.17) is 4.74 Å². The lowest BCUT2D eigenvalue weighted by atomic mass is 10.1. The summed E-state index contributed by atoms with van der Waals surface area (Å²) in [6.07, 6.45) is 0.212. The highest BCUT2D eigenvalue weighted by molar-refractivity contribution is 5.93. The van der Waals surface area contributed by atoms with Crippen LogP contribution in [0.5, 0.6) is 0 Å². The molecule has 0 radical (unpaired) electrons. The van der Waals surface area contributed by atoms with E-state index in [1.165, 1.54) is 9.80 Å². The fraction of sp³-hybridized carbons (Fsp3) is 0.636. The Balaban J connectivity index is 1.42. The summed E-state index contributed by atoms with van der Waals surface area (Å²) in [5.74, 6) is 0.284. The SMILES string of the molecule is Cc1cccc(C)c1NC(=O)C[NH+]1CC[NH+](CC(=O)N2C[C@H](C)O[C@@H](C)C2)CC1. The number of hydrogen-bond donors (Lipinski definition) is 3. The number of morpholine rings is 1. The first-order valence-corrected chi connectivity index (χ1v) is 10.8. The van der Waals surface area contributed by atoms with Crippen molar-refractivity contribution in [2.45, 2.75) is 39.9 Å². The Labute approximate surface area is 174 Å².